The summed E-state index contributed by atoms with van der Waals surface area (Å²) in [4.78, 5) is 38.6. The monoisotopic (exact) mass is 584 g/mol. The van der Waals surface area contributed by atoms with Crippen LogP contribution in [0.4, 0.5) is 17.6 Å². The highest BCUT2D eigenvalue weighted by Crippen LogP contribution is 2.37. The molecule has 0 saturated carbocycles. The molecule has 5 aromatic rings. The van der Waals surface area contributed by atoms with E-state index in [1.807, 2.05) is 0 Å². The number of imidazole rings is 1. The Bertz CT molecular complexity index is 1890. The Balaban J connectivity index is 1.28. The molecular weight excluding hydrogens is 560 g/mol. The van der Waals surface area contributed by atoms with Gasteiger partial charge in [0.2, 0.25) is 5.89 Å². The van der Waals surface area contributed by atoms with E-state index in [0.717, 1.165) is 6.07 Å². The molecule has 1 aliphatic rings. The van der Waals surface area contributed by atoms with Gasteiger partial charge in [0, 0.05) is 30.1 Å². The predicted octanol–water partition coefficient (Wildman–Crippen LogP) is 4.64. The summed E-state index contributed by atoms with van der Waals surface area (Å²) in [5, 5.41) is 0.288. The number of nitrogens with one attached hydrogen (secondary N) is 1. The summed E-state index contributed by atoms with van der Waals surface area (Å²) in [6.45, 7) is 0.480. The summed E-state index contributed by atoms with van der Waals surface area (Å²) in [5.74, 6) is -0.628. The van der Waals surface area contributed by atoms with E-state index in [0.29, 0.717) is 42.5 Å². The Morgan fingerprint density at radius 2 is 1.90 bits per heavy atom. The number of fused-ring (bicyclic) bond motifs is 2. The van der Waals surface area contributed by atoms with Gasteiger partial charge in [-0.25, -0.2) is 19.2 Å². The number of nitrogens with two attached hydrogens (primary N) is 1. The fourth-order valence-corrected chi connectivity index (χ4v) is 5.42. The van der Waals surface area contributed by atoms with Crippen LogP contribution in [0, 0.1) is 5.82 Å². The van der Waals surface area contributed by atoms with Crippen LogP contribution in [0.15, 0.2) is 51.7 Å². The van der Waals surface area contributed by atoms with Gasteiger partial charge in [-0.05, 0) is 55.3 Å². The molecule has 2 aromatic carbocycles. The fourth-order valence-electron chi connectivity index (χ4n) is 5.42. The minimum absolute atomic E-state index is 0.000440. The Labute approximate surface area is 234 Å². The van der Waals surface area contributed by atoms with E-state index >= 15 is 0 Å². The number of aromatic nitrogens is 4. The van der Waals surface area contributed by atoms with Crippen molar-refractivity contribution in [1.82, 2.24) is 24.4 Å². The summed E-state index contributed by atoms with van der Waals surface area (Å²) < 4.78 is 66.2. The molecule has 1 saturated heterocycles. The van der Waals surface area contributed by atoms with E-state index < -0.39 is 23.6 Å². The van der Waals surface area contributed by atoms with Crippen LogP contribution in [-0.2, 0) is 12.7 Å². The number of H-pyrrole nitrogens is 1. The molecule has 0 aliphatic carbocycles. The largest absolute Gasteiger partial charge is 0.494 e. The number of hydrogen-bond acceptors (Lipinski definition) is 7. The maximum absolute atomic E-state index is 13.6. The van der Waals surface area contributed by atoms with Crippen LogP contribution in [0.5, 0.6) is 5.75 Å². The highest BCUT2D eigenvalue weighted by molar-refractivity contribution is 5.98. The second-order valence-corrected chi connectivity index (χ2v) is 9.89. The first-order valence-electron chi connectivity index (χ1n) is 13.0. The van der Waals surface area contributed by atoms with Gasteiger partial charge < -0.3 is 24.8 Å². The molecule has 218 valence electrons. The number of halogens is 4. The molecule has 0 radical (unpaired) electrons. The number of methoxy groups -OCH3 is 1. The second kappa shape index (κ2) is 10.3. The molecule has 10 nitrogen and oxygen atoms in total. The average molecular weight is 585 g/mol. The van der Waals surface area contributed by atoms with E-state index in [2.05, 4.69) is 15.0 Å². The number of carbonyl (C=O) groups excluding carboxylic acids is 1. The number of rotatable bonds is 5. The van der Waals surface area contributed by atoms with Crippen LogP contribution in [0.2, 0.25) is 0 Å². The topological polar surface area (TPSA) is 132 Å². The number of oxazole rings is 1. The average Bonchev–Trinajstić information content (AvgIpc) is 3.55. The predicted molar refractivity (Wildman–Crippen MR) is 143 cm³/mol. The Hall–Kier alpha value is -4.72. The molecule has 0 spiro atoms. The lowest BCUT2D eigenvalue weighted by molar-refractivity contribution is -0.140. The lowest BCUT2D eigenvalue weighted by Crippen LogP contribution is -2.41. The van der Waals surface area contributed by atoms with Gasteiger partial charge in [0.25, 0.3) is 5.91 Å². The molecule has 0 bridgehead atoms. The van der Waals surface area contributed by atoms with Crippen molar-refractivity contribution in [1.29, 1.82) is 0 Å². The molecule has 1 amide bonds. The van der Waals surface area contributed by atoms with Crippen LogP contribution in [0.1, 0.15) is 40.8 Å². The fraction of sp³-hybridized carbons (Fsp3) is 0.286. The third-order valence-electron chi connectivity index (χ3n) is 7.44. The Morgan fingerprint density at radius 1 is 1.14 bits per heavy atom. The zero-order valence-electron chi connectivity index (χ0n) is 22.2. The number of ether oxygens (including phenoxy) is 1. The summed E-state index contributed by atoms with van der Waals surface area (Å²) in [5.41, 5.74) is 5.69. The van der Waals surface area contributed by atoms with Gasteiger partial charge in [-0.1, -0.05) is 0 Å². The molecular formula is C28H24F4N6O4. The van der Waals surface area contributed by atoms with Gasteiger partial charge >= 0.3 is 11.9 Å². The van der Waals surface area contributed by atoms with Crippen LogP contribution in [0.3, 0.4) is 0 Å². The van der Waals surface area contributed by atoms with Crippen LogP contribution >= 0.6 is 0 Å². The SMILES string of the molecule is COc1ccc(-c2nc(C(=O)N3CCC(n4c(=O)[nH]c5cc(F)ccc54)CC3)c(CN)o2)c2ccc(C(F)(F)F)nc12. The lowest BCUT2D eigenvalue weighted by atomic mass is 10.0. The van der Waals surface area contributed by atoms with E-state index in [1.54, 1.807) is 21.6 Å². The third-order valence-corrected chi connectivity index (χ3v) is 7.44. The van der Waals surface area contributed by atoms with Crippen molar-refractivity contribution in [3.8, 4) is 17.2 Å². The Morgan fingerprint density at radius 3 is 2.60 bits per heavy atom. The third kappa shape index (κ3) is 4.66. The first-order chi connectivity index (χ1) is 20.1. The number of aromatic amines is 1. The first kappa shape index (κ1) is 27.4. The number of piperidine rings is 1. The number of amides is 1. The zero-order chi connectivity index (χ0) is 29.8. The smallest absolute Gasteiger partial charge is 0.433 e. The molecule has 0 unspecified atom stereocenters. The van der Waals surface area contributed by atoms with Crippen molar-refractivity contribution in [3.63, 3.8) is 0 Å². The summed E-state index contributed by atoms with van der Waals surface area (Å²) in [7, 11) is 1.32. The number of benzene rings is 2. The van der Waals surface area contributed by atoms with Crippen LogP contribution in [-0.4, -0.2) is 50.5 Å². The molecule has 3 aromatic heterocycles. The maximum atomic E-state index is 13.6. The molecule has 1 aliphatic heterocycles. The number of pyridine rings is 1. The first-order valence-corrected chi connectivity index (χ1v) is 13.0. The summed E-state index contributed by atoms with van der Waals surface area (Å²) in [6, 6.07) is 9.01. The van der Waals surface area contributed by atoms with Crippen molar-refractivity contribution >= 4 is 27.8 Å². The highest BCUT2D eigenvalue weighted by Gasteiger charge is 2.34. The maximum Gasteiger partial charge on any atom is 0.433 e. The normalized spacial score (nSPS) is 14.7. The van der Waals surface area contributed by atoms with Gasteiger partial charge in [-0.3, -0.25) is 9.36 Å². The van der Waals surface area contributed by atoms with Crippen molar-refractivity contribution < 1.29 is 31.5 Å². The summed E-state index contributed by atoms with van der Waals surface area (Å²) >= 11 is 0. The highest BCUT2D eigenvalue weighted by atomic mass is 19.4. The quantitative estimate of drug-likeness (QED) is 0.288. The van der Waals surface area contributed by atoms with Gasteiger partial charge in [-0.15, -0.1) is 0 Å². The molecule has 3 N–H and O–H groups in total. The second-order valence-electron chi connectivity index (χ2n) is 9.89. The molecule has 14 heteroatoms. The molecule has 6 rings (SSSR count). The van der Waals surface area contributed by atoms with Crippen molar-refractivity contribution in [2.45, 2.75) is 31.6 Å². The number of alkyl halides is 3. The van der Waals surface area contributed by atoms with Gasteiger partial charge in [-0.2, -0.15) is 13.2 Å². The van der Waals surface area contributed by atoms with Crippen LogP contribution < -0.4 is 16.2 Å². The number of hydrogen-bond donors (Lipinski definition) is 2. The minimum atomic E-state index is -4.65. The van der Waals surface area contributed by atoms with E-state index in [4.69, 9.17) is 14.9 Å². The molecule has 0 atom stereocenters. The van der Waals surface area contributed by atoms with Gasteiger partial charge in [0.05, 0.1) is 24.7 Å². The Kier molecular flexibility index (Phi) is 6.72. The van der Waals surface area contributed by atoms with Crippen LogP contribution in [0.25, 0.3) is 33.4 Å². The van der Waals surface area contributed by atoms with Gasteiger partial charge in [0.15, 0.2) is 11.5 Å². The lowest BCUT2D eigenvalue weighted by Gasteiger charge is -2.32. The number of carbonyl (C=O) groups is 1. The number of likely N-dealkylation sites (tertiary alicyclic amines) is 1. The van der Waals surface area contributed by atoms with E-state index in [9.17, 15) is 27.2 Å². The standard InChI is InChI=1S/C28H24F4N6O4/c1-41-20-6-3-17(16-4-7-22(28(30,31)32)35-23(16)20)25-36-24(21(13-33)42-25)26(39)37-10-8-15(9-11-37)38-19-5-2-14(29)12-18(19)34-27(38)40/h2-7,12,15H,8-11,13,33H2,1H3,(H,34,40). The van der Waals surface area contributed by atoms with Crippen molar-refractivity contribution in [2.75, 3.05) is 20.2 Å². The van der Waals surface area contributed by atoms with E-state index in [-0.39, 0.29) is 52.3 Å². The summed E-state index contributed by atoms with van der Waals surface area (Å²) in [6.07, 6.45) is -3.72. The molecule has 4 heterocycles. The molecule has 1 fully saturated rings. The number of nitrogens with zero attached hydrogens (tertiary/aromatic N) is 4. The minimum Gasteiger partial charge on any atom is -0.494 e. The molecule has 42 heavy (non-hydrogen) atoms. The van der Waals surface area contributed by atoms with Crippen molar-refractivity contribution in [3.05, 3.63) is 75.9 Å². The van der Waals surface area contributed by atoms with Gasteiger partial charge in [0.1, 0.15) is 22.8 Å². The zero-order valence-corrected chi connectivity index (χ0v) is 22.2. The van der Waals surface area contributed by atoms with E-state index in [1.165, 1.54) is 31.4 Å². The van der Waals surface area contributed by atoms with Crippen molar-refractivity contribution in [2.24, 2.45) is 5.73 Å².